The first-order valence-electron chi connectivity index (χ1n) is 8.85. The number of rotatable bonds is 9. The molecule has 0 atom stereocenters. The number of ether oxygens (including phenoxy) is 2. The molecule has 0 aromatic heterocycles. The molecule has 26 heavy (non-hydrogen) atoms. The molecule has 7 heteroatoms. The van der Waals surface area contributed by atoms with Crippen LogP contribution in [0.15, 0.2) is 24.3 Å². The zero-order chi connectivity index (χ0) is 18.9. The summed E-state index contributed by atoms with van der Waals surface area (Å²) in [6.07, 6.45) is 1.46. The number of methoxy groups -OCH3 is 1. The van der Waals surface area contributed by atoms with Gasteiger partial charge in [0, 0.05) is 38.7 Å². The fraction of sp³-hybridized carbons (Fsp3) is 0.526. The van der Waals surface area contributed by atoms with Crippen molar-refractivity contribution >= 4 is 17.8 Å². The number of esters is 1. The van der Waals surface area contributed by atoms with Gasteiger partial charge in [0.2, 0.25) is 5.91 Å². The highest BCUT2D eigenvalue weighted by Gasteiger charge is 2.22. The molecule has 1 fully saturated rings. The molecule has 2 amide bonds. The van der Waals surface area contributed by atoms with E-state index in [0.29, 0.717) is 31.7 Å². The second kappa shape index (κ2) is 9.91. The maximum atomic E-state index is 12.8. The third-order valence-corrected chi connectivity index (χ3v) is 4.20. The van der Waals surface area contributed by atoms with Crippen LogP contribution in [0.25, 0.3) is 0 Å². The topological polar surface area (TPSA) is 76.2 Å². The largest absolute Gasteiger partial charge is 0.465 e. The van der Waals surface area contributed by atoms with E-state index in [4.69, 9.17) is 9.47 Å². The average molecular weight is 362 g/mol. The van der Waals surface area contributed by atoms with E-state index in [1.54, 1.807) is 37.1 Å². The Hall–Kier alpha value is -2.41. The summed E-state index contributed by atoms with van der Waals surface area (Å²) in [7, 11) is 1.54. The van der Waals surface area contributed by atoms with Crippen LogP contribution < -0.4 is 0 Å². The smallest absolute Gasteiger partial charge is 0.325 e. The van der Waals surface area contributed by atoms with Gasteiger partial charge in [0.25, 0.3) is 5.91 Å². The Balaban J connectivity index is 2.09. The normalized spacial score (nSPS) is 13.8. The van der Waals surface area contributed by atoms with Gasteiger partial charge >= 0.3 is 5.97 Å². The summed E-state index contributed by atoms with van der Waals surface area (Å²) in [5, 5.41) is 0. The summed E-state index contributed by atoms with van der Waals surface area (Å²) in [5.41, 5.74) is 1.38. The number of nitrogens with zero attached hydrogens (tertiary/aromatic N) is 2. The van der Waals surface area contributed by atoms with Crippen LogP contribution in [0.2, 0.25) is 0 Å². The van der Waals surface area contributed by atoms with Crippen molar-refractivity contribution in [1.29, 1.82) is 0 Å². The van der Waals surface area contributed by atoms with E-state index in [0.717, 1.165) is 18.5 Å². The van der Waals surface area contributed by atoms with Gasteiger partial charge in [-0.05, 0) is 31.0 Å². The number of amides is 2. The maximum Gasteiger partial charge on any atom is 0.325 e. The molecule has 1 aromatic carbocycles. The lowest BCUT2D eigenvalue weighted by Gasteiger charge is -2.22. The van der Waals surface area contributed by atoms with Crippen molar-refractivity contribution in [2.24, 2.45) is 0 Å². The fourth-order valence-electron chi connectivity index (χ4n) is 2.89. The molecule has 0 aliphatic carbocycles. The van der Waals surface area contributed by atoms with Crippen molar-refractivity contribution in [3.8, 4) is 0 Å². The molecule has 1 aliphatic heterocycles. The molecule has 142 valence electrons. The predicted octanol–water partition coefficient (Wildman–Crippen LogP) is 1.46. The lowest BCUT2D eigenvalue weighted by molar-refractivity contribution is -0.144. The Bertz CT molecular complexity index is 647. The molecule has 0 radical (unpaired) electrons. The molecular formula is C19H26N2O5. The molecule has 0 bridgehead atoms. The fourth-order valence-corrected chi connectivity index (χ4v) is 2.89. The van der Waals surface area contributed by atoms with Crippen molar-refractivity contribution in [3.05, 3.63) is 35.4 Å². The summed E-state index contributed by atoms with van der Waals surface area (Å²) >= 11 is 0. The third-order valence-electron chi connectivity index (χ3n) is 4.20. The zero-order valence-electron chi connectivity index (χ0n) is 15.4. The van der Waals surface area contributed by atoms with Gasteiger partial charge in [-0.3, -0.25) is 14.4 Å². The minimum Gasteiger partial charge on any atom is -0.465 e. The minimum absolute atomic E-state index is 0.120. The van der Waals surface area contributed by atoms with E-state index < -0.39 is 5.97 Å². The number of carbonyl (C=O) groups excluding carboxylic acids is 3. The highest BCUT2D eigenvalue weighted by atomic mass is 16.5. The van der Waals surface area contributed by atoms with Crippen molar-refractivity contribution in [2.75, 3.05) is 40.0 Å². The van der Waals surface area contributed by atoms with Crippen LogP contribution in [0.4, 0.5) is 0 Å². The summed E-state index contributed by atoms with van der Waals surface area (Å²) in [4.78, 5) is 39.6. The molecule has 0 unspecified atom stereocenters. The van der Waals surface area contributed by atoms with E-state index in [2.05, 4.69) is 0 Å². The van der Waals surface area contributed by atoms with Crippen LogP contribution in [0.1, 0.15) is 35.7 Å². The predicted molar refractivity (Wildman–Crippen MR) is 95.5 cm³/mol. The van der Waals surface area contributed by atoms with Crippen molar-refractivity contribution < 1.29 is 23.9 Å². The third kappa shape index (κ3) is 5.56. The number of benzene rings is 1. The van der Waals surface area contributed by atoms with Gasteiger partial charge in [-0.15, -0.1) is 0 Å². The van der Waals surface area contributed by atoms with Gasteiger partial charge in [0.15, 0.2) is 0 Å². The summed E-state index contributed by atoms with van der Waals surface area (Å²) in [5.74, 6) is -0.564. The van der Waals surface area contributed by atoms with E-state index in [9.17, 15) is 14.4 Å². The monoisotopic (exact) mass is 362 g/mol. The first-order chi connectivity index (χ1) is 12.5. The second-order valence-corrected chi connectivity index (χ2v) is 6.14. The number of hydrogen-bond donors (Lipinski definition) is 0. The average Bonchev–Trinajstić information content (AvgIpc) is 3.03. The molecule has 1 aliphatic rings. The highest BCUT2D eigenvalue weighted by molar-refractivity contribution is 5.96. The highest BCUT2D eigenvalue weighted by Crippen LogP contribution is 2.16. The van der Waals surface area contributed by atoms with Crippen LogP contribution in [-0.2, 0) is 25.6 Å². The summed E-state index contributed by atoms with van der Waals surface area (Å²) < 4.78 is 9.98. The van der Waals surface area contributed by atoms with Gasteiger partial charge in [-0.25, -0.2) is 0 Å². The number of hydrogen-bond acceptors (Lipinski definition) is 5. The molecule has 0 saturated carbocycles. The van der Waals surface area contributed by atoms with E-state index in [1.807, 2.05) is 6.07 Å². The number of likely N-dealkylation sites (tertiary alicyclic amines) is 1. The lowest BCUT2D eigenvalue weighted by atomic mass is 10.1. The summed E-state index contributed by atoms with van der Waals surface area (Å²) in [6, 6.07) is 7.18. The van der Waals surface area contributed by atoms with Gasteiger partial charge < -0.3 is 19.3 Å². The molecule has 2 rings (SSSR count). The van der Waals surface area contributed by atoms with E-state index >= 15 is 0 Å². The second-order valence-electron chi connectivity index (χ2n) is 6.14. The van der Waals surface area contributed by atoms with Crippen LogP contribution in [0, 0.1) is 0 Å². The lowest BCUT2D eigenvalue weighted by Crippen LogP contribution is -2.38. The van der Waals surface area contributed by atoms with Crippen molar-refractivity contribution in [2.45, 2.75) is 26.3 Å². The molecule has 0 spiro atoms. The van der Waals surface area contributed by atoms with E-state index in [1.165, 1.54) is 4.90 Å². The van der Waals surface area contributed by atoms with Crippen molar-refractivity contribution in [1.82, 2.24) is 9.80 Å². The Morgan fingerprint density at radius 3 is 2.77 bits per heavy atom. The Morgan fingerprint density at radius 1 is 1.31 bits per heavy atom. The van der Waals surface area contributed by atoms with Crippen LogP contribution >= 0.6 is 0 Å². The SMILES string of the molecule is CCOC(=O)CN(CCOC)C(=O)c1cccc(CN2CCCC2=O)c1. The Kier molecular flexibility index (Phi) is 7.59. The zero-order valence-corrected chi connectivity index (χ0v) is 15.4. The molecule has 0 N–H and O–H groups in total. The number of carbonyl (C=O) groups is 3. The van der Waals surface area contributed by atoms with Crippen LogP contribution in [0.3, 0.4) is 0 Å². The molecule has 1 aromatic rings. The standard InChI is InChI=1S/C19H26N2O5/c1-3-26-18(23)14-21(10-11-25-2)19(24)16-7-4-6-15(12-16)13-20-9-5-8-17(20)22/h4,6-7,12H,3,5,8-11,13-14H2,1-2H3. The molecule has 7 nitrogen and oxygen atoms in total. The first kappa shape index (κ1) is 19.9. The van der Waals surface area contributed by atoms with E-state index in [-0.39, 0.29) is 25.0 Å². The van der Waals surface area contributed by atoms with Crippen molar-refractivity contribution in [3.63, 3.8) is 0 Å². The maximum absolute atomic E-state index is 12.8. The first-order valence-corrected chi connectivity index (χ1v) is 8.85. The van der Waals surface area contributed by atoms with Crippen LogP contribution in [-0.4, -0.2) is 67.5 Å². The minimum atomic E-state index is -0.448. The molecular weight excluding hydrogens is 336 g/mol. The van der Waals surface area contributed by atoms with Gasteiger partial charge in [-0.2, -0.15) is 0 Å². The Labute approximate surface area is 153 Å². The van der Waals surface area contributed by atoms with Crippen LogP contribution in [0.5, 0.6) is 0 Å². The summed E-state index contributed by atoms with van der Waals surface area (Å²) in [6.45, 7) is 3.74. The van der Waals surface area contributed by atoms with Gasteiger partial charge in [0.1, 0.15) is 6.54 Å². The molecule has 1 heterocycles. The van der Waals surface area contributed by atoms with Gasteiger partial charge in [-0.1, -0.05) is 12.1 Å². The quantitative estimate of drug-likeness (QED) is 0.622. The Morgan fingerprint density at radius 2 is 2.12 bits per heavy atom. The van der Waals surface area contributed by atoms with Gasteiger partial charge in [0.05, 0.1) is 13.2 Å². The molecule has 1 saturated heterocycles.